The van der Waals surface area contributed by atoms with Crippen molar-refractivity contribution < 1.29 is 14.3 Å². The Labute approximate surface area is 113 Å². The van der Waals surface area contributed by atoms with Gasteiger partial charge in [0.15, 0.2) is 0 Å². The normalized spacial score (nSPS) is 21.5. The molecule has 19 heavy (non-hydrogen) atoms. The van der Waals surface area contributed by atoms with Crippen LogP contribution in [0.3, 0.4) is 0 Å². The molecule has 1 heterocycles. The number of carbonyl (C=O) groups is 1. The molecule has 2 atom stereocenters. The van der Waals surface area contributed by atoms with Crippen LogP contribution < -0.4 is 0 Å². The first-order valence-electron chi connectivity index (χ1n) is 6.78. The SMILES string of the molecule is CC(c1ccccc1F)N1CCC(CCC(=O)O)C1. The van der Waals surface area contributed by atoms with E-state index in [1.54, 1.807) is 6.07 Å². The highest BCUT2D eigenvalue weighted by Gasteiger charge is 2.27. The lowest BCUT2D eigenvalue weighted by molar-refractivity contribution is -0.137. The third-order valence-corrected chi connectivity index (χ3v) is 3.99. The fourth-order valence-electron chi connectivity index (χ4n) is 2.79. The summed E-state index contributed by atoms with van der Waals surface area (Å²) in [6, 6.07) is 6.92. The second-order valence-corrected chi connectivity index (χ2v) is 5.28. The molecular formula is C15H20FNO2. The van der Waals surface area contributed by atoms with Gasteiger partial charge in [-0.2, -0.15) is 0 Å². The topological polar surface area (TPSA) is 40.5 Å². The van der Waals surface area contributed by atoms with Gasteiger partial charge >= 0.3 is 5.97 Å². The second kappa shape index (κ2) is 6.15. The predicted molar refractivity (Wildman–Crippen MR) is 71.4 cm³/mol. The zero-order valence-electron chi connectivity index (χ0n) is 11.2. The maximum atomic E-state index is 13.7. The van der Waals surface area contributed by atoms with Gasteiger partial charge in [0, 0.05) is 24.6 Å². The Morgan fingerprint density at radius 2 is 2.26 bits per heavy atom. The third-order valence-electron chi connectivity index (χ3n) is 3.99. The van der Waals surface area contributed by atoms with Crippen molar-refractivity contribution in [2.45, 2.75) is 32.2 Å². The summed E-state index contributed by atoms with van der Waals surface area (Å²) in [6.45, 7) is 3.79. The van der Waals surface area contributed by atoms with Crippen LogP contribution in [0.15, 0.2) is 24.3 Å². The summed E-state index contributed by atoms with van der Waals surface area (Å²) in [5.41, 5.74) is 0.724. The highest BCUT2D eigenvalue weighted by molar-refractivity contribution is 5.66. The Morgan fingerprint density at radius 3 is 2.95 bits per heavy atom. The molecule has 0 spiro atoms. The number of nitrogens with zero attached hydrogens (tertiary/aromatic N) is 1. The van der Waals surface area contributed by atoms with Crippen LogP contribution in [0.25, 0.3) is 0 Å². The molecule has 1 aromatic rings. The average molecular weight is 265 g/mol. The lowest BCUT2D eigenvalue weighted by Crippen LogP contribution is -2.25. The quantitative estimate of drug-likeness (QED) is 0.889. The minimum atomic E-state index is -0.736. The van der Waals surface area contributed by atoms with E-state index in [2.05, 4.69) is 4.90 Å². The third kappa shape index (κ3) is 3.53. The van der Waals surface area contributed by atoms with Crippen LogP contribution >= 0.6 is 0 Å². The number of hydrogen-bond donors (Lipinski definition) is 1. The van der Waals surface area contributed by atoms with Gasteiger partial charge in [-0.3, -0.25) is 9.69 Å². The van der Waals surface area contributed by atoms with Crippen molar-refractivity contribution in [2.24, 2.45) is 5.92 Å². The fourth-order valence-corrected chi connectivity index (χ4v) is 2.79. The summed E-state index contributed by atoms with van der Waals surface area (Å²) in [4.78, 5) is 12.8. The van der Waals surface area contributed by atoms with Crippen molar-refractivity contribution >= 4 is 5.97 Å². The summed E-state index contributed by atoms with van der Waals surface area (Å²) in [5, 5.41) is 8.70. The Morgan fingerprint density at radius 1 is 1.53 bits per heavy atom. The van der Waals surface area contributed by atoms with Crippen molar-refractivity contribution in [3.8, 4) is 0 Å². The molecule has 0 bridgehead atoms. The molecule has 0 radical (unpaired) electrons. The number of likely N-dealkylation sites (tertiary alicyclic amines) is 1. The summed E-state index contributed by atoms with van der Waals surface area (Å²) < 4.78 is 13.7. The maximum absolute atomic E-state index is 13.7. The molecule has 2 unspecified atom stereocenters. The van der Waals surface area contributed by atoms with Gasteiger partial charge in [0.05, 0.1) is 0 Å². The van der Waals surface area contributed by atoms with Gasteiger partial charge in [0.1, 0.15) is 5.82 Å². The Kier molecular flexibility index (Phi) is 4.53. The van der Waals surface area contributed by atoms with E-state index in [0.717, 1.165) is 31.5 Å². The Hall–Kier alpha value is -1.42. The smallest absolute Gasteiger partial charge is 0.303 e. The first kappa shape index (κ1) is 14.0. The van der Waals surface area contributed by atoms with Crippen molar-refractivity contribution in [1.29, 1.82) is 0 Å². The van der Waals surface area contributed by atoms with E-state index < -0.39 is 5.97 Å². The van der Waals surface area contributed by atoms with Gasteiger partial charge in [0.2, 0.25) is 0 Å². The molecule has 0 aliphatic carbocycles. The van der Waals surface area contributed by atoms with Crippen molar-refractivity contribution in [3.05, 3.63) is 35.6 Å². The molecular weight excluding hydrogens is 245 g/mol. The molecule has 1 saturated heterocycles. The lowest BCUT2D eigenvalue weighted by Gasteiger charge is -2.25. The first-order valence-corrected chi connectivity index (χ1v) is 6.78. The molecule has 3 nitrogen and oxygen atoms in total. The van der Waals surface area contributed by atoms with Crippen LogP contribution in [-0.2, 0) is 4.79 Å². The van der Waals surface area contributed by atoms with Crippen LogP contribution in [0.1, 0.15) is 37.8 Å². The zero-order valence-corrected chi connectivity index (χ0v) is 11.2. The molecule has 104 valence electrons. The summed E-state index contributed by atoms with van der Waals surface area (Å²) in [6.07, 6.45) is 1.95. The van der Waals surface area contributed by atoms with Crippen molar-refractivity contribution in [3.63, 3.8) is 0 Å². The van der Waals surface area contributed by atoms with E-state index in [4.69, 9.17) is 5.11 Å². The minimum absolute atomic E-state index is 0.0519. The second-order valence-electron chi connectivity index (χ2n) is 5.28. The molecule has 0 aromatic heterocycles. The van der Waals surface area contributed by atoms with Crippen LogP contribution in [0, 0.1) is 11.7 Å². The maximum Gasteiger partial charge on any atom is 0.303 e. The first-order chi connectivity index (χ1) is 9.08. The van der Waals surface area contributed by atoms with Gasteiger partial charge in [-0.25, -0.2) is 4.39 Å². The fraction of sp³-hybridized carbons (Fsp3) is 0.533. The van der Waals surface area contributed by atoms with Crippen LogP contribution in [0.2, 0.25) is 0 Å². The minimum Gasteiger partial charge on any atom is -0.481 e. The van der Waals surface area contributed by atoms with Gasteiger partial charge in [-0.15, -0.1) is 0 Å². The number of hydrogen-bond acceptors (Lipinski definition) is 2. The monoisotopic (exact) mass is 265 g/mol. The Bertz CT molecular complexity index is 450. The molecule has 1 aliphatic heterocycles. The number of aliphatic carboxylic acids is 1. The number of rotatable bonds is 5. The summed E-state index contributed by atoms with van der Waals surface area (Å²) >= 11 is 0. The molecule has 4 heteroatoms. The van der Waals surface area contributed by atoms with E-state index in [1.165, 1.54) is 6.07 Å². The van der Waals surface area contributed by atoms with E-state index >= 15 is 0 Å². The predicted octanol–water partition coefficient (Wildman–Crippen LogP) is 3.07. The van der Waals surface area contributed by atoms with Gasteiger partial charge in [-0.05, 0) is 38.3 Å². The molecule has 1 fully saturated rings. The largest absolute Gasteiger partial charge is 0.481 e. The lowest BCUT2D eigenvalue weighted by atomic mass is 10.0. The number of carboxylic acids is 1. The van der Waals surface area contributed by atoms with Crippen molar-refractivity contribution in [1.82, 2.24) is 4.90 Å². The molecule has 1 aromatic carbocycles. The molecule has 0 saturated carbocycles. The molecule has 1 aliphatic rings. The highest BCUT2D eigenvalue weighted by Crippen LogP contribution is 2.30. The zero-order chi connectivity index (χ0) is 13.8. The van der Waals surface area contributed by atoms with Gasteiger partial charge in [0.25, 0.3) is 0 Å². The summed E-state index contributed by atoms with van der Waals surface area (Å²) in [7, 11) is 0. The Balaban J connectivity index is 1.93. The van der Waals surface area contributed by atoms with E-state index in [9.17, 15) is 9.18 Å². The molecule has 1 N–H and O–H groups in total. The highest BCUT2D eigenvalue weighted by atomic mass is 19.1. The van der Waals surface area contributed by atoms with Gasteiger partial charge in [-0.1, -0.05) is 18.2 Å². The standard InChI is InChI=1S/C15H20FNO2/c1-11(13-4-2-3-5-14(13)16)17-9-8-12(10-17)6-7-15(18)19/h2-5,11-12H,6-10H2,1H3,(H,18,19). The van der Waals surface area contributed by atoms with Gasteiger partial charge < -0.3 is 5.11 Å². The van der Waals surface area contributed by atoms with E-state index in [0.29, 0.717) is 5.92 Å². The van der Waals surface area contributed by atoms with Crippen molar-refractivity contribution in [2.75, 3.05) is 13.1 Å². The van der Waals surface area contributed by atoms with Crippen LogP contribution in [0.4, 0.5) is 4.39 Å². The number of benzene rings is 1. The number of halogens is 1. The van der Waals surface area contributed by atoms with Crippen LogP contribution in [-0.4, -0.2) is 29.1 Å². The average Bonchev–Trinajstić information content (AvgIpc) is 2.85. The molecule has 0 amide bonds. The van der Waals surface area contributed by atoms with Crippen LogP contribution in [0.5, 0.6) is 0 Å². The van der Waals surface area contributed by atoms with E-state index in [-0.39, 0.29) is 18.3 Å². The van der Waals surface area contributed by atoms with E-state index in [1.807, 2.05) is 19.1 Å². The molecule has 2 rings (SSSR count). The number of carboxylic acid groups (broad SMARTS) is 1. The summed E-state index contributed by atoms with van der Waals surface area (Å²) in [5.74, 6) is -0.477.